The van der Waals surface area contributed by atoms with E-state index in [0.717, 1.165) is 17.7 Å². The summed E-state index contributed by atoms with van der Waals surface area (Å²) in [5, 5.41) is 26.5. The number of carbonyl (C=O) groups is 1. The summed E-state index contributed by atoms with van der Waals surface area (Å²) in [6.45, 7) is 0.991. The molecule has 3 aromatic rings. The van der Waals surface area contributed by atoms with Crippen molar-refractivity contribution in [3.05, 3.63) is 78.4 Å². The second kappa shape index (κ2) is 11.3. The molecule has 1 aliphatic rings. The van der Waals surface area contributed by atoms with Gasteiger partial charge in [0, 0.05) is 13.1 Å². The van der Waals surface area contributed by atoms with Crippen LogP contribution in [0.15, 0.2) is 77.7 Å². The Morgan fingerprint density at radius 2 is 1.81 bits per heavy atom. The highest BCUT2D eigenvalue weighted by Gasteiger charge is 2.46. The lowest BCUT2D eigenvalue weighted by molar-refractivity contribution is -0.139. The average Bonchev–Trinajstić information content (AvgIpc) is 2.92. The second-order valence-electron chi connectivity index (χ2n) is 9.31. The zero-order valence-corrected chi connectivity index (χ0v) is 21.5. The van der Waals surface area contributed by atoms with E-state index in [2.05, 4.69) is 10.6 Å². The molecular weight excluding hydrogens is 492 g/mol. The number of aliphatic carboxylic acids is 1. The molecule has 0 aliphatic carbocycles. The van der Waals surface area contributed by atoms with Gasteiger partial charge in [0.15, 0.2) is 9.84 Å². The number of hydrogen-bond acceptors (Lipinski definition) is 7. The summed E-state index contributed by atoms with van der Waals surface area (Å²) >= 11 is 0. The highest BCUT2D eigenvalue weighted by Crippen LogP contribution is 2.37. The quantitative estimate of drug-likeness (QED) is 0.319. The van der Waals surface area contributed by atoms with Crippen molar-refractivity contribution in [2.45, 2.75) is 34.9 Å². The van der Waals surface area contributed by atoms with Crippen molar-refractivity contribution >= 4 is 15.8 Å². The third kappa shape index (κ3) is 5.64. The van der Waals surface area contributed by atoms with E-state index in [1.54, 1.807) is 72.8 Å². The Balaban J connectivity index is 1.53. The van der Waals surface area contributed by atoms with Crippen LogP contribution >= 0.6 is 0 Å². The highest BCUT2D eigenvalue weighted by molar-refractivity contribution is 7.93. The van der Waals surface area contributed by atoms with Gasteiger partial charge < -0.3 is 25.6 Å². The number of carboxylic acid groups (broad SMARTS) is 1. The van der Waals surface area contributed by atoms with Crippen molar-refractivity contribution in [3.8, 4) is 22.6 Å². The average molecular weight is 525 g/mol. The molecule has 3 aromatic carbocycles. The van der Waals surface area contributed by atoms with Crippen LogP contribution in [0.5, 0.6) is 11.5 Å². The van der Waals surface area contributed by atoms with Gasteiger partial charge in [-0.25, -0.2) is 8.42 Å². The molecule has 37 heavy (non-hydrogen) atoms. The molecule has 1 aliphatic heterocycles. The first-order chi connectivity index (χ1) is 17.8. The van der Waals surface area contributed by atoms with Crippen molar-refractivity contribution in [1.82, 2.24) is 10.6 Å². The van der Waals surface area contributed by atoms with Crippen LogP contribution in [0.3, 0.4) is 0 Å². The third-order valence-electron chi connectivity index (χ3n) is 6.93. The Labute approximate surface area is 217 Å². The molecule has 2 atom stereocenters. The first kappa shape index (κ1) is 26.7. The van der Waals surface area contributed by atoms with Gasteiger partial charge in [-0.05, 0) is 61.2 Å². The maximum Gasteiger partial charge on any atom is 0.321 e. The van der Waals surface area contributed by atoms with E-state index in [1.807, 2.05) is 0 Å². The highest BCUT2D eigenvalue weighted by atomic mass is 32.2. The number of carboxylic acids is 1. The van der Waals surface area contributed by atoms with E-state index in [0.29, 0.717) is 24.2 Å². The number of phenols is 1. The number of rotatable bonds is 10. The van der Waals surface area contributed by atoms with Gasteiger partial charge >= 0.3 is 5.97 Å². The maximum atomic E-state index is 13.6. The van der Waals surface area contributed by atoms with Gasteiger partial charge in [-0.3, -0.25) is 4.79 Å². The van der Waals surface area contributed by atoms with E-state index in [1.165, 1.54) is 7.11 Å². The minimum absolute atomic E-state index is 0.0152. The van der Waals surface area contributed by atoms with Gasteiger partial charge in [-0.1, -0.05) is 48.5 Å². The van der Waals surface area contributed by atoms with Gasteiger partial charge in [0.1, 0.15) is 22.3 Å². The molecule has 0 spiro atoms. The molecule has 0 saturated carbocycles. The minimum atomic E-state index is -3.72. The van der Waals surface area contributed by atoms with Crippen LogP contribution in [0.4, 0.5) is 0 Å². The van der Waals surface area contributed by atoms with E-state index in [-0.39, 0.29) is 30.2 Å². The molecule has 1 heterocycles. The van der Waals surface area contributed by atoms with Crippen LogP contribution < -0.4 is 15.4 Å². The molecule has 196 valence electrons. The summed E-state index contributed by atoms with van der Waals surface area (Å²) < 4.78 is 31.5. The molecular formula is C28H32N2O6S. The van der Waals surface area contributed by atoms with Crippen LogP contribution in [0.1, 0.15) is 18.4 Å². The zero-order chi connectivity index (χ0) is 26.5. The van der Waals surface area contributed by atoms with E-state index >= 15 is 0 Å². The van der Waals surface area contributed by atoms with Crippen molar-refractivity contribution < 1.29 is 28.2 Å². The van der Waals surface area contributed by atoms with Crippen LogP contribution in [0.25, 0.3) is 11.1 Å². The molecule has 4 N–H and O–H groups in total. The number of hydrogen-bond donors (Lipinski definition) is 4. The number of methoxy groups -OCH3 is 1. The minimum Gasteiger partial charge on any atom is -0.507 e. The first-order valence-electron chi connectivity index (χ1n) is 12.2. The summed E-state index contributed by atoms with van der Waals surface area (Å²) in [7, 11) is -2.19. The number of phenolic OH excluding ortho intramolecular Hbond substituents is 1. The van der Waals surface area contributed by atoms with Crippen molar-refractivity contribution in [2.24, 2.45) is 0 Å². The van der Waals surface area contributed by atoms with Crippen LogP contribution in [0, 0.1) is 0 Å². The standard InChI is InChI=1S/C28H32N2O6S/c1-36-25-10-5-9-24(31)26(25)21-13-11-20(12-14-21)17-23(27(32)33)30-19-28(15-6-16-29-18-28)37(34,35)22-7-3-2-4-8-22/h2-5,7-14,23,29-31H,6,15-19H2,1H3,(H,32,33)/t23-,28?/m0/s1. The topological polar surface area (TPSA) is 125 Å². The fourth-order valence-corrected chi connectivity index (χ4v) is 6.84. The number of aromatic hydroxyl groups is 1. The monoisotopic (exact) mass is 524 g/mol. The van der Waals surface area contributed by atoms with Gasteiger partial charge in [0.2, 0.25) is 0 Å². The van der Waals surface area contributed by atoms with E-state index < -0.39 is 26.6 Å². The van der Waals surface area contributed by atoms with Gasteiger partial charge in [-0.15, -0.1) is 0 Å². The Morgan fingerprint density at radius 3 is 2.43 bits per heavy atom. The predicted molar refractivity (Wildman–Crippen MR) is 142 cm³/mol. The van der Waals surface area contributed by atoms with Crippen molar-refractivity contribution in [3.63, 3.8) is 0 Å². The number of nitrogens with one attached hydrogen (secondary N) is 2. The molecule has 8 nitrogen and oxygen atoms in total. The van der Waals surface area contributed by atoms with Gasteiger partial charge in [0.05, 0.1) is 17.6 Å². The number of benzene rings is 3. The van der Waals surface area contributed by atoms with Crippen molar-refractivity contribution in [1.29, 1.82) is 0 Å². The Kier molecular flexibility index (Phi) is 8.16. The molecule has 0 aromatic heterocycles. The number of ether oxygens (including phenoxy) is 1. The van der Waals surface area contributed by atoms with E-state index in [9.17, 15) is 23.4 Å². The normalized spacial score (nSPS) is 18.7. The SMILES string of the molecule is COc1cccc(O)c1-c1ccc(C[C@H](NCC2(S(=O)(=O)c3ccccc3)CCCNC2)C(=O)O)cc1. The lowest BCUT2D eigenvalue weighted by Gasteiger charge is -2.38. The molecule has 0 amide bonds. The molecule has 1 saturated heterocycles. The molecule has 9 heteroatoms. The lowest BCUT2D eigenvalue weighted by atomic mass is 9.96. The van der Waals surface area contributed by atoms with Crippen molar-refractivity contribution in [2.75, 3.05) is 26.7 Å². The Hall–Kier alpha value is -3.40. The van der Waals surface area contributed by atoms with Gasteiger partial charge in [0.25, 0.3) is 0 Å². The first-order valence-corrected chi connectivity index (χ1v) is 13.7. The Morgan fingerprint density at radius 1 is 1.08 bits per heavy atom. The summed E-state index contributed by atoms with van der Waals surface area (Å²) in [4.78, 5) is 12.4. The third-order valence-corrected chi connectivity index (χ3v) is 9.46. The fourth-order valence-electron chi connectivity index (χ4n) is 4.84. The maximum absolute atomic E-state index is 13.6. The lowest BCUT2D eigenvalue weighted by Crippen LogP contribution is -2.59. The molecule has 1 fully saturated rings. The number of piperidine rings is 1. The van der Waals surface area contributed by atoms with Crippen LogP contribution in [-0.4, -0.2) is 62.1 Å². The number of sulfone groups is 1. The van der Waals surface area contributed by atoms with Gasteiger partial charge in [-0.2, -0.15) is 0 Å². The summed E-state index contributed by atoms with van der Waals surface area (Å²) in [5.74, 6) is -0.436. The van der Waals surface area contributed by atoms with E-state index in [4.69, 9.17) is 4.74 Å². The summed E-state index contributed by atoms with van der Waals surface area (Å²) in [5.41, 5.74) is 2.06. The fraction of sp³-hybridized carbons (Fsp3) is 0.321. The predicted octanol–water partition coefficient (Wildman–Crippen LogP) is 3.25. The van der Waals surface area contributed by atoms with Crippen LogP contribution in [0.2, 0.25) is 0 Å². The summed E-state index contributed by atoms with van der Waals surface area (Å²) in [6, 6.07) is 19.6. The molecule has 4 rings (SSSR count). The smallest absolute Gasteiger partial charge is 0.321 e. The summed E-state index contributed by atoms with van der Waals surface area (Å²) in [6.07, 6.45) is 1.29. The second-order valence-corrected chi connectivity index (χ2v) is 11.7. The molecule has 1 unspecified atom stereocenters. The van der Waals surface area contributed by atoms with Crippen LogP contribution in [-0.2, 0) is 21.1 Å². The Bertz CT molecular complexity index is 1320. The molecule has 0 bridgehead atoms. The molecule has 0 radical (unpaired) electrons. The largest absolute Gasteiger partial charge is 0.507 e. The zero-order valence-electron chi connectivity index (χ0n) is 20.7.